The number of alkyl halides is 3. The molecule has 3 aromatic rings. The Balaban J connectivity index is 1.54. The summed E-state index contributed by atoms with van der Waals surface area (Å²) >= 11 is 5.31. The number of rotatable bonds is 12. The molecule has 3 amide bonds. The largest absolute Gasteiger partial charge is 0.418 e. The first-order valence-corrected chi connectivity index (χ1v) is 18.2. The fourth-order valence-electron chi connectivity index (χ4n) is 7.82. The number of aromatic nitrogens is 1. The quantitative estimate of drug-likeness (QED) is 0.107. The van der Waals surface area contributed by atoms with E-state index in [0.29, 0.717) is 55.2 Å². The molecule has 5 rings (SSSR count). The maximum absolute atomic E-state index is 15.2. The van der Waals surface area contributed by atoms with Gasteiger partial charge in [-0.3, -0.25) is 14.4 Å². The van der Waals surface area contributed by atoms with Crippen molar-refractivity contribution in [2.45, 2.75) is 115 Å². The van der Waals surface area contributed by atoms with Crippen LogP contribution in [0.4, 0.5) is 17.6 Å². The molecule has 0 spiro atoms. The van der Waals surface area contributed by atoms with Gasteiger partial charge in [-0.05, 0) is 55.2 Å². The molecule has 276 valence electrons. The van der Waals surface area contributed by atoms with Crippen LogP contribution >= 0.6 is 12.2 Å². The van der Waals surface area contributed by atoms with Gasteiger partial charge in [-0.25, -0.2) is 4.39 Å². The predicted molar refractivity (Wildman–Crippen MR) is 192 cm³/mol. The van der Waals surface area contributed by atoms with Gasteiger partial charge in [0.25, 0.3) is 0 Å². The Labute approximate surface area is 301 Å². The van der Waals surface area contributed by atoms with Crippen LogP contribution in [-0.4, -0.2) is 45.3 Å². The third kappa shape index (κ3) is 7.36. The van der Waals surface area contributed by atoms with Crippen molar-refractivity contribution < 1.29 is 31.9 Å². The topological polar surface area (TPSA) is 129 Å². The van der Waals surface area contributed by atoms with Crippen LogP contribution < -0.4 is 21.7 Å². The number of aryl methyl sites for hydroxylation is 1. The Kier molecular flexibility index (Phi) is 11.2. The molecule has 0 radical (unpaired) electrons. The summed E-state index contributed by atoms with van der Waals surface area (Å²) in [5, 5.41) is 9.20. The summed E-state index contributed by atoms with van der Waals surface area (Å²) in [5.74, 6) is -2.68. The SMILES string of the molecule is CCC(C)[C@H](NC(=O)C1(c2ccccc2F)CCCC1)C(=O)N[C@]1(C(=O)N[C@H](C(N)=S)C(C)CC)CCc2[nH]c3c(C(F)(F)F)cccc3c2C1. The van der Waals surface area contributed by atoms with Crippen LogP contribution in [0.25, 0.3) is 10.9 Å². The van der Waals surface area contributed by atoms with Gasteiger partial charge in [-0.1, -0.05) is 95.9 Å². The normalized spacial score (nSPS) is 20.9. The number of fused-ring (bicyclic) bond motifs is 3. The molecule has 0 bridgehead atoms. The number of amides is 3. The first-order valence-electron chi connectivity index (χ1n) is 17.8. The number of thiocarbonyl (C=S) groups is 1. The van der Waals surface area contributed by atoms with Crippen molar-refractivity contribution in [3.8, 4) is 0 Å². The molecule has 2 unspecified atom stereocenters. The summed E-state index contributed by atoms with van der Waals surface area (Å²) < 4.78 is 57.2. The van der Waals surface area contributed by atoms with Crippen molar-refractivity contribution in [3.63, 3.8) is 0 Å². The number of halogens is 4. The molecule has 0 aliphatic heterocycles. The van der Waals surface area contributed by atoms with Crippen LogP contribution in [0.2, 0.25) is 0 Å². The second-order valence-corrected chi connectivity index (χ2v) is 14.9. The number of para-hydroxylation sites is 1. The molecule has 0 saturated heterocycles. The molecule has 5 atom stereocenters. The lowest BCUT2D eigenvalue weighted by atomic mass is 9.76. The van der Waals surface area contributed by atoms with Gasteiger partial charge in [0.05, 0.1) is 27.5 Å². The van der Waals surface area contributed by atoms with Gasteiger partial charge in [0, 0.05) is 23.1 Å². The van der Waals surface area contributed by atoms with E-state index in [1.165, 1.54) is 12.1 Å². The fourth-order valence-corrected chi connectivity index (χ4v) is 8.11. The van der Waals surface area contributed by atoms with E-state index in [0.717, 1.165) is 6.07 Å². The zero-order valence-corrected chi connectivity index (χ0v) is 30.3. The van der Waals surface area contributed by atoms with Crippen LogP contribution in [0.3, 0.4) is 0 Å². The summed E-state index contributed by atoms with van der Waals surface area (Å²) in [6.07, 6.45) is -1.12. The Bertz CT molecular complexity index is 1800. The lowest BCUT2D eigenvalue weighted by Gasteiger charge is -2.40. The van der Waals surface area contributed by atoms with Gasteiger partial charge < -0.3 is 26.7 Å². The van der Waals surface area contributed by atoms with E-state index in [-0.39, 0.29) is 47.2 Å². The number of nitrogens with one attached hydrogen (secondary N) is 4. The Hall–Kier alpha value is -4.00. The number of hydrogen-bond acceptors (Lipinski definition) is 4. The minimum Gasteiger partial charge on any atom is -0.392 e. The van der Waals surface area contributed by atoms with Crippen molar-refractivity contribution in [1.29, 1.82) is 0 Å². The van der Waals surface area contributed by atoms with Gasteiger partial charge in [0.2, 0.25) is 17.7 Å². The van der Waals surface area contributed by atoms with E-state index in [1.54, 1.807) is 24.3 Å². The Morgan fingerprint density at radius 2 is 1.55 bits per heavy atom. The zero-order valence-electron chi connectivity index (χ0n) is 29.4. The van der Waals surface area contributed by atoms with Crippen LogP contribution in [-0.2, 0) is 38.8 Å². The third-order valence-electron chi connectivity index (χ3n) is 11.3. The number of H-pyrrole nitrogens is 1. The highest BCUT2D eigenvalue weighted by Crippen LogP contribution is 2.43. The van der Waals surface area contributed by atoms with Crippen LogP contribution in [0.1, 0.15) is 95.0 Å². The molecule has 13 heteroatoms. The van der Waals surface area contributed by atoms with E-state index < -0.39 is 58.3 Å². The monoisotopic (exact) mass is 729 g/mol. The molecule has 2 aliphatic carbocycles. The average Bonchev–Trinajstić information content (AvgIpc) is 3.74. The molecule has 8 nitrogen and oxygen atoms in total. The Morgan fingerprint density at radius 1 is 0.922 bits per heavy atom. The van der Waals surface area contributed by atoms with Crippen molar-refractivity contribution >= 4 is 45.8 Å². The van der Waals surface area contributed by atoms with Crippen LogP contribution in [0, 0.1) is 17.7 Å². The number of aromatic amines is 1. The highest BCUT2D eigenvalue weighted by Gasteiger charge is 2.49. The van der Waals surface area contributed by atoms with Crippen molar-refractivity contribution in [2.24, 2.45) is 17.6 Å². The Morgan fingerprint density at radius 3 is 2.16 bits per heavy atom. The maximum Gasteiger partial charge on any atom is 0.418 e. The van der Waals surface area contributed by atoms with Crippen molar-refractivity contribution in [3.05, 3.63) is 70.7 Å². The fraction of sp³-hybridized carbons (Fsp3) is 0.526. The number of benzene rings is 2. The molecule has 1 aromatic heterocycles. The highest BCUT2D eigenvalue weighted by atomic mass is 32.1. The first kappa shape index (κ1) is 38.2. The molecule has 2 aliphatic rings. The molecule has 2 aromatic carbocycles. The van der Waals surface area contributed by atoms with Crippen molar-refractivity contribution in [2.75, 3.05) is 0 Å². The standard InChI is InChI=1S/C38H47F4N5O3S/c1-5-21(3)29(32(43)51)45-35(50)37(19-16-28-24(20-37)23-12-11-14-26(31(23)44-28)38(40,41)42)47-33(48)30(22(4)6-2)46-34(49)36(17-9-10-18-36)25-13-7-8-15-27(25)39/h7-8,11-15,21-22,29-30,44H,5-6,9-10,16-20H2,1-4H3,(H2,43,51)(H,45,50)(H,46,49)(H,47,48)/t21?,22?,29-,30-,37+/m0/s1. The predicted octanol–water partition coefficient (Wildman–Crippen LogP) is 6.53. The van der Waals surface area contributed by atoms with Crippen LogP contribution in [0.5, 0.6) is 0 Å². The number of hydrogen-bond donors (Lipinski definition) is 5. The van der Waals surface area contributed by atoms with Crippen LogP contribution in [0.15, 0.2) is 42.5 Å². The maximum atomic E-state index is 15.2. The minimum atomic E-state index is -4.61. The summed E-state index contributed by atoms with van der Waals surface area (Å²) in [6, 6.07) is 8.27. The third-order valence-corrected chi connectivity index (χ3v) is 11.5. The van der Waals surface area contributed by atoms with E-state index in [2.05, 4.69) is 20.9 Å². The molecule has 1 saturated carbocycles. The summed E-state index contributed by atoms with van der Waals surface area (Å²) in [6.45, 7) is 7.49. The molecular formula is C38H47F4N5O3S. The van der Waals surface area contributed by atoms with E-state index in [1.807, 2.05) is 27.7 Å². The number of nitrogens with two attached hydrogens (primary N) is 1. The summed E-state index contributed by atoms with van der Waals surface area (Å²) in [4.78, 5) is 46.2. The lowest BCUT2D eigenvalue weighted by molar-refractivity contribution is -0.138. The molecule has 1 heterocycles. The number of carbonyl (C=O) groups excluding carboxylic acids is 3. The zero-order chi connectivity index (χ0) is 37.3. The summed E-state index contributed by atoms with van der Waals surface area (Å²) in [5.41, 5.74) is 3.68. The average molecular weight is 730 g/mol. The second kappa shape index (κ2) is 14.9. The molecular weight excluding hydrogens is 683 g/mol. The first-order chi connectivity index (χ1) is 24.1. The summed E-state index contributed by atoms with van der Waals surface area (Å²) in [7, 11) is 0. The van der Waals surface area contributed by atoms with Gasteiger partial charge in [-0.2, -0.15) is 13.2 Å². The van der Waals surface area contributed by atoms with Crippen molar-refractivity contribution in [1.82, 2.24) is 20.9 Å². The smallest absolute Gasteiger partial charge is 0.392 e. The minimum absolute atomic E-state index is 0.0522. The number of carbonyl (C=O) groups is 3. The van der Waals surface area contributed by atoms with E-state index >= 15 is 4.39 Å². The van der Waals surface area contributed by atoms with E-state index in [4.69, 9.17) is 18.0 Å². The molecule has 6 N–H and O–H groups in total. The molecule has 1 fully saturated rings. The second-order valence-electron chi connectivity index (χ2n) is 14.4. The molecule has 51 heavy (non-hydrogen) atoms. The van der Waals surface area contributed by atoms with Gasteiger partial charge in [-0.15, -0.1) is 0 Å². The van der Waals surface area contributed by atoms with E-state index in [9.17, 15) is 27.6 Å². The van der Waals surface area contributed by atoms with Gasteiger partial charge in [0.15, 0.2) is 0 Å². The lowest BCUT2D eigenvalue weighted by Crippen LogP contribution is -2.67. The highest BCUT2D eigenvalue weighted by molar-refractivity contribution is 7.80. The van der Waals surface area contributed by atoms with Gasteiger partial charge >= 0.3 is 6.18 Å². The van der Waals surface area contributed by atoms with Gasteiger partial charge in [0.1, 0.15) is 17.4 Å².